The average molecular weight is 181 g/mol. The van der Waals surface area contributed by atoms with Crippen molar-refractivity contribution >= 4 is 0 Å². The van der Waals surface area contributed by atoms with E-state index in [4.69, 9.17) is 5.73 Å². The van der Waals surface area contributed by atoms with Crippen molar-refractivity contribution in [1.29, 1.82) is 0 Å². The molecule has 0 aromatic rings. The first-order valence-electron chi connectivity index (χ1n) is 5.83. The Morgan fingerprint density at radius 1 is 1.31 bits per heavy atom. The highest BCUT2D eigenvalue weighted by Crippen LogP contribution is 2.60. The van der Waals surface area contributed by atoms with Gasteiger partial charge in [-0.15, -0.1) is 0 Å². The van der Waals surface area contributed by atoms with Crippen molar-refractivity contribution in [2.24, 2.45) is 28.9 Å². The zero-order chi connectivity index (χ0) is 9.64. The van der Waals surface area contributed by atoms with Gasteiger partial charge in [0, 0.05) is 6.04 Å². The first kappa shape index (κ1) is 9.51. The molecule has 0 aromatic carbocycles. The Hall–Kier alpha value is -0.0400. The van der Waals surface area contributed by atoms with E-state index in [2.05, 4.69) is 20.8 Å². The van der Waals surface area contributed by atoms with Crippen LogP contribution in [0.4, 0.5) is 0 Å². The first-order chi connectivity index (χ1) is 6.07. The van der Waals surface area contributed by atoms with Gasteiger partial charge in [0.2, 0.25) is 0 Å². The average Bonchev–Trinajstić information content (AvgIpc) is 2.08. The summed E-state index contributed by atoms with van der Waals surface area (Å²) in [6.07, 6.45) is 5.47. The van der Waals surface area contributed by atoms with Gasteiger partial charge in [-0.25, -0.2) is 0 Å². The maximum absolute atomic E-state index is 6.32. The van der Waals surface area contributed by atoms with Crippen LogP contribution in [0.3, 0.4) is 0 Å². The predicted octanol–water partition coefficient (Wildman–Crippen LogP) is 2.80. The highest BCUT2D eigenvalue weighted by molar-refractivity contribution is 5.07. The molecule has 4 atom stereocenters. The van der Waals surface area contributed by atoms with Gasteiger partial charge < -0.3 is 5.73 Å². The highest BCUT2D eigenvalue weighted by atomic mass is 14.8. The van der Waals surface area contributed by atoms with E-state index < -0.39 is 0 Å². The zero-order valence-corrected chi connectivity index (χ0v) is 9.22. The molecule has 2 N–H and O–H groups in total. The lowest BCUT2D eigenvalue weighted by molar-refractivity contribution is -0.106. The Labute approximate surface area is 82.1 Å². The van der Waals surface area contributed by atoms with Gasteiger partial charge in [-0.3, -0.25) is 0 Å². The van der Waals surface area contributed by atoms with Crippen molar-refractivity contribution in [2.45, 2.75) is 52.5 Å². The number of fused-ring (bicyclic) bond motifs is 2. The van der Waals surface area contributed by atoms with E-state index >= 15 is 0 Å². The van der Waals surface area contributed by atoms with Gasteiger partial charge in [0.05, 0.1) is 0 Å². The minimum atomic E-state index is 0.500. The fourth-order valence-corrected chi connectivity index (χ4v) is 3.64. The second kappa shape index (κ2) is 2.98. The Kier molecular flexibility index (Phi) is 2.18. The molecule has 3 rings (SSSR count). The van der Waals surface area contributed by atoms with Gasteiger partial charge in [0.1, 0.15) is 0 Å². The monoisotopic (exact) mass is 181 g/mol. The van der Waals surface area contributed by atoms with E-state index in [1.165, 1.54) is 25.7 Å². The highest BCUT2D eigenvalue weighted by Gasteiger charge is 2.56. The molecule has 3 aliphatic rings. The van der Waals surface area contributed by atoms with Gasteiger partial charge in [0.25, 0.3) is 0 Å². The topological polar surface area (TPSA) is 26.0 Å². The zero-order valence-electron chi connectivity index (χ0n) is 9.22. The molecule has 0 aliphatic heterocycles. The summed E-state index contributed by atoms with van der Waals surface area (Å²) in [6.45, 7) is 7.10. The molecule has 0 radical (unpaired) electrons. The number of rotatable bonds is 2. The molecule has 1 nitrogen and oxygen atoms in total. The van der Waals surface area contributed by atoms with Gasteiger partial charge >= 0.3 is 0 Å². The van der Waals surface area contributed by atoms with E-state index in [9.17, 15) is 0 Å². The van der Waals surface area contributed by atoms with E-state index in [1.54, 1.807) is 0 Å². The SMILES string of the molecule is CCC[C@H]1C[C@@H]2C[C@H]([C@@H]1N)C2(C)C. The molecule has 3 aliphatic carbocycles. The summed E-state index contributed by atoms with van der Waals surface area (Å²) in [5.74, 6) is 2.64. The van der Waals surface area contributed by atoms with Crippen LogP contribution in [-0.4, -0.2) is 6.04 Å². The van der Waals surface area contributed by atoms with Crippen LogP contribution in [-0.2, 0) is 0 Å². The fourth-order valence-electron chi connectivity index (χ4n) is 3.64. The van der Waals surface area contributed by atoms with Gasteiger partial charge in [-0.1, -0.05) is 27.2 Å². The number of nitrogens with two attached hydrogens (primary N) is 1. The number of hydrogen-bond donors (Lipinski definition) is 1. The van der Waals surface area contributed by atoms with E-state index in [-0.39, 0.29) is 0 Å². The van der Waals surface area contributed by atoms with Crippen molar-refractivity contribution in [2.75, 3.05) is 0 Å². The molecule has 0 aromatic heterocycles. The molecule has 0 spiro atoms. The largest absolute Gasteiger partial charge is 0.327 e. The molecule has 76 valence electrons. The van der Waals surface area contributed by atoms with E-state index in [0.29, 0.717) is 11.5 Å². The third-order valence-electron chi connectivity index (χ3n) is 4.80. The maximum atomic E-state index is 6.32. The second-order valence-corrected chi connectivity index (χ2v) is 5.72. The molecule has 0 amide bonds. The minimum absolute atomic E-state index is 0.500. The lowest BCUT2D eigenvalue weighted by Crippen LogP contribution is -2.61. The predicted molar refractivity (Wildman–Crippen MR) is 56.4 cm³/mol. The minimum Gasteiger partial charge on any atom is -0.327 e. The summed E-state index contributed by atoms with van der Waals surface area (Å²) in [6, 6.07) is 0.500. The summed E-state index contributed by atoms with van der Waals surface area (Å²) in [5.41, 5.74) is 6.88. The molecule has 0 heterocycles. The normalized spacial score (nSPS) is 47.1. The van der Waals surface area contributed by atoms with Gasteiger partial charge in [0.15, 0.2) is 0 Å². The molecular formula is C12H23N. The van der Waals surface area contributed by atoms with E-state index in [0.717, 1.165) is 17.8 Å². The lowest BCUT2D eigenvalue weighted by atomic mass is 9.45. The van der Waals surface area contributed by atoms with Crippen LogP contribution in [0.5, 0.6) is 0 Å². The Morgan fingerprint density at radius 3 is 2.46 bits per heavy atom. The summed E-state index contributed by atoms with van der Waals surface area (Å²) in [5, 5.41) is 0. The quantitative estimate of drug-likeness (QED) is 0.696. The van der Waals surface area contributed by atoms with Crippen LogP contribution < -0.4 is 5.73 Å². The van der Waals surface area contributed by atoms with Crippen molar-refractivity contribution in [1.82, 2.24) is 0 Å². The van der Waals surface area contributed by atoms with Crippen LogP contribution in [0.25, 0.3) is 0 Å². The first-order valence-corrected chi connectivity index (χ1v) is 5.83. The molecule has 0 unspecified atom stereocenters. The Bertz CT molecular complexity index is 197. The summed E-state index contributed by atoms with van der Waals surface area (Å²) < 4.78 is 0. The number of hydrogen-bond acceptors (Lipinski definition) is 1. The molecule has 2 bridgehead atoms. The second-order valence-electron chi connectivity index (χ2n) is 5.72. The molecule has 1 heteroatoms. The third kappa shape index (κ3) is 1.24. The van der Waals surface area contributed by atoms with Crippen LogP contribution in [0.1, 0.15) is 46.5 Å². The molecular weight excluding hydrogens is 158 g/mol. The maximum Gasteiger partial charge on any atom is 0.0101 e. The van der Waals surface area contributed by atoms with Crippen LogP contribution in [0, 0.1) is 23.2 Å². The van der Waals surface area contributed by atoms with Gasteiger partial charge in [-0.05, 0) is 42.4 Å². The summed E-state index contributed by atoms with van der Waals surface area (Å²) >= 11 is 0. The van der Waals surface area contributed by atoms with Crippen LogP contribution >= 0.6 is 0 Å². The molecule has 3 saturated carbocycles. The Balaban J connectivity index is 2.03. The van der Waals surface area contributed by atoms with Crippen molar-refractivity contribution in [3.05, 3.63) is 0 Å². The molecule has 13 heavy (non-hydrogen) atoms. The van der Waals surface area contributed by atoms with Crippen molar-refractivity contribution in [3.63, 3.8) is 0 Å². The fraction of sp³-hybridized carbons (Fsp3) is 1.00. The Morgan fingerprint density at radius 2 is 2.00 bits per heavy atom. The summed E-state index contributed by atoms with van der Waals surface area (Å²) in [4.78, 5) is 0. The van der Waals surface area contributed by atoms with Crippen molar-refractivity contribution < 1.29 is 0 Å². The van der Waals surface area contributed by atoms with Crippen LogP contribution in [0.2, 0.25) is 0 Å². The lowest BCUT2D eigenvalue weighted by Gasteiger charge is -2.62. The standard InChI is InChI=1S/C12H23N/c1-4-5-8-6-9-7-10(11(8)13)12(9,2)3/h8-11H,4-7,13H2,1-3H3/t8-,9+,10+,11+/m0/s1. The van der Waals surface area contributed by atoms with Gasteiger partial charge in [-0.2, -0.15) is 0 Å². The molecule has 3 fully saturated rings. The smallest absolute Gasteiger partial charge is 0.0101 e. The van der Waals surface area contributed by atoms with Crippen molar-refractivity contribution in [3.8, 4) is 0 Å². The summed E-state index contributed by atoms with van der Waals surface area (Å²) in [7, 11) is 0. The third-order valence-corrected chi connectivity index (χ3v) is 4.80. The molecule has 0 saturated heterocycles. The van der Waals surface area contributed by atoms with E-state index in [1.807, 2.05) is 0 Å². The van der Waals surface area contributed by atoms with Crippen LogP contribution in [0.15, 0.2) is 0 Å².